The van der Waals surface area contributed by atoms with Gasteiger partial charge < -0.3 is 28.4 Å². The lowest BCUT2D eigenvalue weighted by atomic mass is 10.1. The summed E-state index contributed by atoms with van der Waals surface area (Å²) in [6.07, 6.45) is 3.82. The Bertz CT molecular complexity index is 2060. The van der Waals surface area contributed by atoms with Crippen LogP contribution >= 0.6 is 11.3 Å². The van der Waals surface area contributed by atoms with E-state index in [-0.39, 0.29) is 5.91 Å². The number of para-hydroxylation sites is 1. The number of unbranched alkanes of at least 4 members (excludes halogenated alkanes) is 3. The number of ether oxygens (including phenoxy) is 6. The first-order valence-corrected chi connectivity index (χ1v) is 17.6. The molecule has 6 rings (SSSR count). The maximum Gasteiger partial charge on any atom is 0.244 e. The van der Waals surface area contributed by atoms with Crippen LogP contribution < -0.4 is 28.4 Å². The zero-order chi connectivity index (χ0) is 35.7. The van der Waals surface area contributed by atoms with E-state index in [0.717, 1.165) is 53.1 Å². The van der Waals surface area contributed by atoms with E-state index >= 15 is 0 Å². The topological polar surface area (TPSA) is 103 Å². The maximum atomic E-state index is 12.7. The lowest BCUT2D eigenvalue weighted by Crippen LogP contribution is -2.09. The van der Waals surface area contributed by atoms with Crippen molar-refractivity contribution >= 4 is 27.5 Å². The minimum absolute atomic E-state index is 0.230. The van der Waals surface area contributed by atoms with E-state index in [2.05, 4.69) is 23.3 Å². The molecule has 0 atom stereocenters. The van der Waals surface area contributed by atoms with Crippen molar-refractivity contribution in [1.29, 1.82) is 0 Å². The summed E-state index contributed by atoms with van der Waals surface area (Å²) >= 11 is 1.69. The van der Waals surface area contributed by atoms with Crippen LogP contribution in [0.2, 0.25) is 0 Å². The third kappa shape index (κ3) is 8.10. The van der Waals surface area contributed by atoms with Crippen molar-refractivity contribution in [3.63, 3.8) is 0 Å². The van der Waals surface area contributed by atoms with Crippen molar-refractivity contribution in [2.75, 3.05) is 41.7 Å². The lowest BCUT2D eigenvalue weighted by Gasteiger charge is -2.13. The summed E-state index contributed by atoms with van der Waals surface area (Å²) in [7, 11) is 6.27. The summed E-state index contributed by atoms with van der Waals surface area (Å²) in [4.78, 5) is 17.5. The Morgan fingerprint density at radius 3 is 2.06 bits per heavy atom. The van der Waals surface area contributed by atoms with Crippen LogP contribution in [0.1, 0.15) is 37.4 Å². The second-order valence-electron chi connectivity index (χ2n) is 11.8. The summed E-state index contributed by atoms with van der Waals surface area (Å²) in [5.41, 5.74) is 4.74. The Balaban J connectivity index is 1.04. The predicted molar refractivity (Wildman–Crippen MR) is 200 cm³/mol. The molecule has 0 aliphatic rings. The van der Waals surface area contributed by atoms with Gasteiger partial charge in [0.05, 0.1) is 63.3 Å². The van der Waals surface area contributed by atoms with Crippen molar-refractivity contribution < 1.29 is 33.2 Å². The van der Waals surface area contributed by atoms with Gasteiger partial charge in [0.1, 0.15) is 10.8 Å². The number of nitrogens with zero attached hydrogens (tertiary/aromatic N) is 3. The Morgan fingerprint density at radius 2 is 1.37 bits per heavy atom. The first-order chi connectivity index (χ1) is 24.9. The quantitative estimate of drug-likeness (QED) is 0.0911. The first-order valence-electron chi connectivity index (χ1n) is 16.7. The van der Waals surface area contributed by atoms with Gasteiger partial charge in [-0.2, -0.15) is 9.78 Å². The zero-order valence-corrected chi connectivity index (χ0v) is 30.2. The number of methoxy groups -OCH3 is 4. The standard InChI is InChI=1S/C40H41N3O7S/c1-26(44)43-33(25-32(42-43)29-23-36(46-3)39(48-5)37(24-29)47-4)27-17-18-34(45-2)35(22-27)50-20-11-7-6-10-19-49-30-14-12-13-28(21-30)40-41-31-15-8-9-16-38(31)51-40/h8-9,12-18,21-25H,6-7,10-11,19-20H2,1-5H3. The number of fused-ring (bicyclic) bond motifs is 1. The fourth-order valence-electron chi connectivity index (χ4n) is 5.79. The van der Waals surface area contributed by atoms with Gasteiger partial charge in [-0.25, -0.2) is 4.98 Å². The largest absolute Gasteiger partial charge is 0.494 e. The highest BCUT2D eigenvalue weighted by molar-refractivity contribution is 7.21. The summed E-state index contributed by atoms with van der Waals surface area (Å²) in [5, 5.41) is 5.62. The van der Waals surface area contributed by atoms with Crippen LogP contribution in [0, 0.1) is 0 Å². The van der Waals surface area contributed by atoms with E-state index in [4.69, 9.17) is 33.4 Å². The fourth-order valence-corrected chi connectivity index (χ4v) is 6.75. The average Bonchev–Trinajstić information content (AvgIpc) is 3.81. The van der Waals surface area contributed by atoms with Crippen LogP contribution in [-0.4, -0.2) is 62.3 Å². The smallest absolute Gasteiger partial charge is 0.244 e. The van der Waals surface area contributed by atoms with Gasteiger partial charge in [-0.3, -0.25) is 4.79 Å². The second-order valence-corrected chi connectivity index (χ2v) is 12.8. The molecule has 0 aliphatic heterocycles. The number of rotatable bonds is 16. The fraction of sp³-hybridized carbons (Fsp3) is 0.275. The molecule has 51 heavy (non-hydrogen) atoms. The molecule has 264 valence electrons. The molecule has 0 bridgehead atoms. The van der Waals surface area contributed by atoms with Gasteiger partial charge in [0.25, 0.3) is 0 Å². The Labute approximate surface area is 301 Å². The molecule has 0 unspecified atom stereocenters. The summed E-state index contributed by atoms with van der Waals surface area (Å²) < 4.78 is 36.9. The molecule has 4 aromatic carbocycles. The highest BCUT2D eigenvalue weighted by atomic mass is 32.1. The molecule has 2 heterocycles. The molecule has 0 saturated heterocycles. The van der Waals surface area contributed by atoms with E-state index in [9.17, 15) is 4.79 Å². The number of benzene rings is 4. The molecule has 2 aromatic heterocycles. The summed E-state index contributed by atoms with van der Waals surface area (Å²) in [6, 6.07) is 27.4. The van der Waals surface area contributed by atoms with Crippen molar-refractivity contribution in [2.24, 2.45) is 0 Å². The van der Waals surface area contributed by atoms with Gasteiger partial charge >= 0.3 is 0 Å². The van der Waals surface area contributed by atoms with Crippen LogP contribution in [0.3, 0.4) is 0 Å². The maximum absolute atomic E-state index is 12.7. The molecule has 0 N–H and O–H groups in total. The van der Waals surface area contributed by atoms with Crippen LogP contribution in [-0.2, 0) is 0 Å². The minimum atomic E-state index is -0.230. The first kappa shape index (κ1) is 35.3. The number of hydrogen-bond donors (Lipinski definition) is 0. The Hall–Kier alpha value is -5.55. The molecule has 0 spiro atoms. The number of thiazole rings is 1. The Morgan fingerprint density at radius 1 is 0.667 bits per heavy atom. The van der Waals surface area contributed by atoms with E-state index in [1.807, 2.05) is 54.6 Å². The van der Waals surface area contributed by atoms with Gasteiger partial charge in [0.2, 0.25) is 11.7 Å². The molecule has 6 aromatic rings. The van der Waals surface area contributed by atoms with Gasteiger partial charge in [-0.15, -0.1) is 11.3 Å². The third-order valence-corrected chi connectivity index (χ3v) is 9.45. The molecular formula is C40H41N3O7S. The van der Waals surface area contributed by atoms with Crippen LogP contribution in [0.25, 0.3) is 43.3 Å². The second kappa shape index (κ2) is 16.4. The minimum Gasteiger partial charge on any atom is -0.494 e. The van der Waals surface area contributed by atoms with E-state index < -0.39 is 0 Å². The highest BCUT2D eigenvalue weighted by Crippen LogP contribution is 2.42. The van der Waals surface area contributed by atoms with Gasteiger partial charge in [-0.1, -0.05) is 24.3 Å². The lowest BCUT2D eigenvalue weighted by molar-refractivity contribution is 0.0923. The van der Waals surface area contributed by atoms with Crippen LogP contribution in [0.15, 0.2) is 84.9 Å². The summed E-state index contributed by atoms with van der Waals surface area (Å²) in [6.45, 7) is 2.64. The molecule has 0 radical (unpaired) electrons. The van der Waals surface area contributed by atoms with Crippen molar-refractivity contribution in [1.82, 2.24) is 14.8 Å². The van der Waals surface area contributed by atoms with Gasteiger partial charge in [0, 0.05) is 23.6 Å². The highest BCUT2D eigenvalue weighted by Gasteiger charge is 2.20. The number of carbonyl (C=O) groups is 1. The van der Waals surface area contributed by atoms with E-state index in [1.54, 1.807) is 51.9 Å². The van der Waals surface area contributed by atoms with Crippen molar-refractivity contribution in [3.8, 4) is 67.6 Å². The molecule has 0 aliphatic carbocycles. The molecule has 0 fully saturated rings. The van der Waals surface area contributed by atoms with Gasteiger partial charge in [-0.05, 0) is 86.3 Å². The van der Waals surface area contributed by atoms with Crippen LogP contribution in [0.4, 0.5) is 0 Å². The van der Waals surface area contributed by atoms with Crippen LogP contribution in [0.5, 0.6) is 34.5 Å². The van der Waals surface area contributed by atoms with Crippen molar-refractivity contribution in [3.05, 3.63) is 84.9 Å². The summed E-state index contributed by atoms with van der Waals surface area (Å²) in [5.74, 6) is 3.28. The molecule has 10 nitrogen and oxygen atoms in total. The van der Waals surface area contributed by atoms with Crippen molar-refractivity contribution in [2.45, 2.75) is 32.6 Å². The third-order valence-electron chi connectivity index (χ3n) is 8.37. The Kier molecular flexibility index (Phi) is 11.4. The van der Waals surface area contributed by atoms with Gasteiger partial charge in [0.15, 0.2) is 23.0 Å². The molecule has 11 heteroatoms. The predicted octanol–water partition coefficient (Wildman–Crippen LogP) is 9.21. The number of carbonyl (C=O) groups excluding carboxylic acids is 1. The number of aromatic nitrogens is 3. The molecule has 0 saturated carbocycles. The normalized spacial score (nSPS) is 11.0. The SMILES string of the molecule is COc1ccc(-c2cc(-c3cc(OC)c(OC)c(OC)c3)nn2C(C)=O)cc1OCCCCCCOc1cccc(-c2nc3ccccc3s2)c1. The zero-order valence-electron chi connectivity index (χ0n) is 29.4. The van der Waals surface area contributed by atoms with E-state index in [0.29, 0.717) is 58.9 Å². The van der Waals surface area contributed by atoms with E-state index in [1.165, 1.54) is 16.3 Å². The number of hydrogen-bond acceptors (Lipinski definition) is 10. The average molecular weight is 708 g/mol. The molecule has 0 amide bonds. The monoisotopic (exact) mass is 707 g/mol. The molecular weight excluding hydrogens is 667 g/mol.